The summed E-state index contributed by atoms with van der Waals surface area (Å²) < 4.78 is 37.8. The van der Waals surface area contributed by atoms with Gasteiger partial charge in [-0.2, -0.15) is 0 Å². The first kappa shape index (κ1) is 27.3. The number of hydrogen-bond donors (Lipinski definition) is 2. The molecule has 37 heavy (non-hydrogen) atoms. The van der Waals surface area contributed by atoms with E-state index >= 15 is 0 Å². The number of amides is 1. The number of piperidine rings is 1. The first-order valence-electron chi connectivity index (χ1n) is 12.1. The molecule has 0 saturated carbocycles. The van der Waals surface area contributed by atoms with Crippen LogP contribution in [0, 0.1) is 11.7 Å². The summed E-state index contributed by atoms with van der Waals surface area (Å²) in [5.41, 5.74) is -0.865. The number of carbonyl (C=O) groups is 2. The molecule has 1 amide bonds. The second-order valence-corrected chi connectivity index (χ2v) is 12.0. The van der Waals surface area contributed by atoms with Crippen molar-refractivity contribution in [1.29, 1.82) is 0 Å². The van der Waals surface area contributed by atoms with Crippen LogP contribution in [0.15, 0.2) is 41.4 Å². The van der Waals surface area contributed by atoms with Gasteiger partial charge in [0.2, 0.25) is 0 Å². The minimum Gasteiger partial charge on any atom is -0.465 e. The third-order valence-corrected chi connectivity index (χ3v) is 8.86. The van der Waals surface area contributed by atoms with Crippen LogP contribution >= 0.6 is 11.6 Å². The molecular weight excluding hydrogens is 523 g/mol. The van der Waals surface area contributed by atoms with E-state index in [1.165, 1.54) is 29.3 Å². The van der Waals surface area contributed by atoms with Gasteiger partial charge in [-0.3, -0.25) is 9.69 Å². The molecule has 1 aromatic heterocycles. The van der Waals surface area contributed by atoms with Crippen LogP contribution in [0.25, 0.3) is 0 Å². The van der Waals surface area contributed by atoms with Crippen molar-refractivity contribution in [1.82, 2.24) is 15.2 Å². The number of likely N-dealkylation sites (N-methyl/N-ethyl adjacent to an activating group) is 1. The number of carbonyl (C=O) groups excluding carboxylic acids is 1. The molecule has 2 saturated heterocycles. The van der Waals surface area contributed by atoms with Crippen molar-refractivity contribution in [3.63, 3.8) is 0 Å². The molecule has 4 rings (SSSR count). The fraction of sp³-hybridized carbons (Fsp3) is 0.480. The van der Waals surface area contributed by atoms with Crippen molar-refractivity contribution in [2.24, 2.45) is 5.92 Å². The summed E-state index contributed by atoms with van der Waals surface area (Å²) in [4.78, 5) is 34.1. The molecule has 2 aromatic rings. The Balaban J connectivity index is 1.60. The monoisotopic (exact) mass is 552 g/mol. The van der Waals surface area contributed by atoms with Crippen molar-refractivity contribution in [3.8, 4) is 0 Å². The van der Waals surface area contributed by atoms with Crippen LogP contribution in [0.5, 0.6) is 0 Å². The smallest absolute Gasteiger partial charge is 0.408 e. The maximum atomic E-state index is 14.4. The van der Waals surface area contributed by atoms with E-state index in [-0.39, 0.29) is 28.8 Å². The highest BCUT2D eigenvalue weighted by Gasteiger charge is 2.56. The van der Waals surface area contributed by atoms with Gasteiger partial charge in [0.25, 0.3) is 0 Å². The Bertz CT molecular complexity index is 1280. The number of sulfone groups is 1. The van der Waals surface area contributed by atoms with Crippen LogP contribution in [0.4, 0.5) is 15.0 Å². The summed E-state index contributed by atoms with van der Waals surface area (Å²) in [5, 5.41) is 13.2. The van der Waals surface area contributed by atoms with Gasteiger partial charge in [0.1, 0.15) is 17.2 Å². The summed E-state index contributed by atoms with van der Waals surface area (Å²) >= 11 is 5.88. The molecule has 9 nitrogen and oxygen atoms in total. The minimum atomic E-state index is -3.35. The Morgan fingerprint density at radius 3 is 2.51 bits per heavy atom. The number of aromatic nitrogens is 1. The van der Waals surface area contributed by atoms with Gasteiger partial charge in [-0.05, 0) is 49.6 Å². The number of benzene rings is 1. The highest BCUT2D eigenvalue weighted by atomic mass is 35.5. The van der Waals surface area contributed by atoms with Gasteiger partial charge in [-0.25, -0.2) is 22.6 Å². The van der Waals surface area contributed by atoms with Gasteiger partial charge in [0, 0.05) is 57.0 Å². The number of pyridine rings is 1. The topological polar surface area (TPSA) is 120 Å². The van der Waals surface area contributed by atoms with E-state index < -0.39 is 39.1 Å². The third kappa shape index (κ3) is 5.17. The number of nitrogens with one attached hydrogen (secondary N) is 1. The fourth-order valence-electron chi connectivity index (χ4n) is 5.59. The molecule has 2 N–H and O–H groups in total. The predicted octanol–water partition coefficient (Wildman–Crippen LogP) is 3.19. The summed E-state index contributed by atoms with van der Waals surface area (Å²) in [6, 6.07) is 7.52. The average Bonchev–Trinajstić information content (AvgIpc) is 3.30. The van der Waals surface area contributed by atoms with Crippen molar-refractivity contribution in [2.45, 2.75) is 36.1 Å². The summed E-state index contributed by atoms with van der Waals surface area (Å²) in [6.07, 6.45) is 2.20. The van der Waals surface area contributed by atoms with Crippen LogP contribution in [0.3, 0.4) is 0 Å². The molecule has 0 bridgehead atoms. The largest absolute Gasteiger partial charge is 0.465 e. The number of ketones is 1. The average molecular weight is 553 g/mol. The summed E-state index contributed by atoms with van der Waals surface area (Å²) in [7, 11) is -3.35. The first-order chi connectivity index (χ1) is 17.5. The molecule has 0 aliphatic carbocycles. The Labute approximate surface area is 220 Å². The molecule has 2 aliphatic heterocycles. The van der Waals surface area contributed by atoms with E-state index in [2.05, 4.69) is 10.3 Å². The van der Waals surface area contributed by atoms with Crippen LogP contribution in [0.2, 0.25) is 5.02 Å². The maximum Gasteiger partial charge on any atom is 0.408 e. The molecule has 0 unspecified atom stereocenters. The number of rotatable bonds is 7. The van der Waals surface area contributed by atoms with E-state index in [1.54, 1.807) is 19.1 Å². The Morgan fingerprint density at radius 1 is 1.27 bits per heavy atom. The van der Waals surface area contributed by atoms with Crippen molar-refractivity contribution in [3.05, 3.63) is 52.9 Å². The second kappa shape index (κ2) is 10.5. The third-order valence-electron chi connectivity index (χ3n) is 7.46. The molecule has 2 atom stereocenters. The van der Waals surface area contributed by atoms with Crippen molar-refractivity contribution in [2.75, 3.05) is 43.9 Å². The van der Waals surface area contributed by atoms with Gasteiger partial charge in [0.15, 0.2) is 15.6 Å². The van der Waals surface area contributed by atoms with E-state index in [0.29, 0.717) is 43.9 Å². The molecule has 1 aromatic carbocycles. The lowest BCUT2D eigenvalue weighted by Crippen LogP contribution is -2.63. The van der Waals surface area contributed by atoms with Crippen LogP contribution in [-0.2, 0) is 14.6 Å². The number of halogens is 2. The molecule has 0 spiro atoms. The van der Waals surface area contributed by atoms with E-state index in [1.807, 2.05) is 4.90 Å². The molecule has 200 valence electrons. The summed E-state index contributed by atoms with van der Waals surface area (Å²) in [6.45, 7) is 3.26. The molecule has 3 heterocycles. The second-order valence-electron chi connectivity index (χ2n) is 9.56. The van der Waals surface area contributed by atoms with Gasteiger partial charge in [-0.1, -0.05) is 17.7 Å². The lowest BCUT2D eigenvalue weighted by atomic mass is 9.71. The zero-order valence-corrected chi connectivity index (χ0v) is 22.2. The number of nitrogens with zero attached hydrogens (tertiary/aromatic N) is 3. The quantitative estimate of drug-likeness (QED) is 0.537. The normalized spacial score (nSPS) is 22.7. The zero-order valence-electron chi connectivity index (χ0n) is 20.7. The summed E-state index contributed by atoms with van der Waals surface area (Å²) in [5.74, 6) is -1.16. The Hall–Kier alpha value is -2.76. The highest BCUT2D eigenvalue weighted by molar-refractivity contribution is 7.90. The minimum absolute atomic E-state index is 0.0391. The van der Waals surface area contributed by atoms with Gasteiger partial charge >= 0.3 is 6.09 Å². The molecular formula is C25H30ClFN4O5S. The van der Waals surface area contributed by atoms with Crippen LogP contribution in [-0.4, -0.2) is 79.8 Å². The van der Waals surface area contributed by atoms with Gasteiger partial charge in [-0.15, -0.1) is 0 Å². The predicted molar refractivity (Wildman–Crippen MR) is 137 cm³/mol. The SMILES string of the molecule is CCN(C(=O)O)[C@]1(C(=O)C2CCN(c3ccc(S(C)(=O)=O)cn3)CC2)CNC[C@H]1c1ccc(Cl)c(F)c1. The zero-order chi connectivity index (χ0) is 27.0. The number of Topliss-reactive ketones (excluding diaryl/α,β-unsaturated/α-hetero) is 1. The van der Waals surface area contributed by atoms with E-state index in [0.717, 1.165) is 6.26 Å². The maximum absolute atomic E-state index is 14.4. The number of hydrogen-bond acceptors (Lipinski definition) is 7. The Kier molecular flexibility index (Phi) is 7.77. The standard InChI is InChI=1S/C25H30ClFN4O5S/c1-3-31(24(33)34)25(15-28-14-19(25)17-4-6-20(26)21(27)12-17)23(32)16-8-10-30(11-9-16)22-7-5-18(13-29-22)37(2,35)36/h4-7,12-13,16,19,28H,3,8-11,14-15H2,1-2H3,(H,33,34)/t19-,25+/m0/s1. The Morgan fingerprint density at radius 2 is 1.97 bits per heavy atom. The van der Waals surface area contributed by atoms with Crippen LogP contribution in [0.1, 0.15) is 31.2 Å². The van der Waals surface area contributed by atoms with Gasteiger partial charge in [0.05, 0.1) is 9.92 Å². The van der Waals surface area contributed by atoms with E-state index in [4.69, 9.17) is 11.6 Å². The fourth-order valence-corrected chi connectivity index (χ4v) is 6.27. The molecule has 12 heteroatoms. The first-order valence-corrected chi connectivity index (χ1v) is 14.4. The lowest BCUT2D eigenvalue weighted by Gasteiger charge is -2.45. The van der Waals surface area contributed by atoms with Crippen LogP contribution < -0.4 is 10.2 Å². The van der Waals surface area contributed by atoms with E-state index in [9.17, 15) is 27.5 Å². The van der Waals surface area contributed by atoms with Crippen molar-refractivity contribution < 1.29 is 27.5 Å². The molecule has 2 fully saturated rings. The molecule has 0 radical (unpaired) electrons. The number of anilines is 1. The van der Waals surface area contributed by atoms with Gasteiger partial charge < -0.3 is 15.3 Å². The number of carboxylic acid groups (broad SMARTS) is 1. The molecule has 2 aliphatic rings. The van der Waals surface area contributed by atoms with Crippen molar-refractivity contribution >= 4 is 39.1 Å². The highest BCUT2D eigenvalue weighted by Crippen LogP contribution is 2.42. The lowest BCUT2D eigenvalue weighted by molar-refractivity contribution is -0.135.